The van der Waals surface area contributed by atoms with Crippen molar-refractivity contribution in [3.05, 3.63) is 64.2 Å². The van der Waals surface area contributed by atoms with Gasteiger partial charge in [-0.3, -0.25) is 0 Å². The maximum absolute atomic E-state index is 6.50. The highest BCUT2D eigenvalue weighted by atomic mass is 16.5. The van der Waals surface area contributed by atoms with Crippen LogP contribution in [0.25, 0.3) is 0 Å². The summed E-state index contributed by atoms with van der Waals surface area (Å²) in [4.78, 5) is 0. The zero-order chi connectivity index (χ0) is 15.4. The second-order valence-corrected chi connectivity index (χ2v) is 5.46. The standard InChI is InChI=1S/C19H25NO/c1-5-14-8-9-16(12-15(14)6-2)19(20)17-11-13(3)7-10-18(17)21-4/h7-12,19H,5-6,20H2,1-4H3. The highest BCUT2D eigenvalue weighted by Gasteiger charge is 2.15. The number of hydrogen-bond donors (Lipinski definition) is 1. The van der Waals surface area contributed by atoms with Gasteiger partial charge in [0.15, 0.2) is 0 Å². The molecule has 2 nitrogen and oxygen atoms in total. The van der Waals surface area contributed by atoms with Crippen LogP contribution >= 0.6 is 0 Å². The lowest BCUT2D eigenvalue weighted by molar-refractivity contribution is 0.407. The molecule has 0 fully saturated rings. The number of ether oxygens (including phenoxy) is 1. The quantitative estimate of drug-likeness (QED) is 0.893. The Morgan fingerprint density at radius 1 is 1.00 bits per heavy atom. The van der Waals surface area contributed by atoms with E-state index in [2.05, 4.69) is 45.0 Å². The van der Waals surface area contributed by atoms with Gasteiger partial charge in [-0.25, -0.2) is 0 Å². The maximum Gasteiger partial charge on any atom is 0.123 e. The Bertz CT molecular complexity index is 619. The van der Waals surface area contributed by atoms with Gasteiger partial charge in [-0.1, -0.05) is 49.7 Å². The van der Waals surface area contributed by atoms with Crippen LogP contribution in [0.1, 0.15) is 47.7 Å². The van der Waals surface area contributed by atoms with Gasteiger partial charge in [0, 0.05) is 5.56 Å². The summed E-state index contributed by atoms with van der Waals surface area (Å²) in [6.45, 7) is 6.46. The Morgan fingerprint density at radius 3 is 2.33 bits per heavy atom. The van der Waals surface area contributed by atoms with E-state index in [1.54, 1.807) is 7.11 Å². The van der Waals surface area contributed by atoms with Crippen LogP contribution < -0.4 is 10.5 Å². The average Bonchev–Trinajstić information content (AvgIpc) is 2.53. The molecule has 2 aromatic rings. The predicted octanol–water partition coefficient (Wildman–Crippen LogP) is 4.18. The molecule has 0 spiro atoms. The molecule has 0 saturated carbocycles. The van der Waals surface area contributed by atoms with Crippen LogP contribution in [-0.2, 0) is 12.8 Å². The van der Waals surface area contributed by atoms with Gasteiger partial charge in [-0.2, -0.15) is 0 Å². The fourth-order valence-corrected chi connectivity index (χ4v) is 2.79. The molecule has 0 saturated heterocycles. The lowest BCUT2D eigenvalue weighted by Gasteiger charge is -2.18. The summed E-state index contributed by atoms with van der Waals surface area (Å²) in [6.07, 6.45) is 2.10. The Labute approximate surface area is 127 Å². The van der Waals surface area contributed by atoms with E-state index in [1.165, 1.54) is 16.7 Å². The van der Waals surface area contributed by atoms with Gasteiger partial charge < -0.3 is 10.5 Å². The summed E-state index contributed by atoms with van der Waals surface area (Å²) in [5.74, 6) is 0.853. The Morgan fingerprint density at radius 2 is 1.71 bits per heavy atom. The molecule has 0 bridgehead atoms. The molecule has 21 heavy (non-hydrogen) atoms. The van der Waals surface area contributed by atoms with Crippen molar-refractivity contribution >= 4 is 0 Å². The fourth-order valence-electron chi connectivity index (χ4n) is 2.79. The van der Waals surface area contributed by atoms with Crippen LogP contribution in [0.5, 0.6) is 5.75 Å². The van der Waals surface area contributed by atoms with Gasteiger partial charge in [0.1, 0.15) is 5.75 Å². The first kappa shape index (κ1) is 15.6. The van der Waals surface area contributed by atoms with Crippen molar-refractivity contribution in [3.63, 3.8) is 0 Å². The predicted molar refractivity (Wildman–Crippen MR) is 89.0 cm³/mol. The molecular formula is C19H25NO. The van der Waals surface area contributed by atoms with Crippen molar-refractivity contribution in [2.75, 3.05) is 7.11 Å². The van der Waals surface area contributed by atoms with E-state index in [0.29, 0.717) is 0 Å². The Kier molecular flexibility index (Phi) is 5.03. The third-order valence-corrected chi connectivity index (χ3v) is 4.07. The van der Waals surface area contributed by atoms with Crippen molar-refractivity contribution in [2.24, 2.45) is 5.73 Å². The molecular weight excluding hydrogens is 258 g/mol. The topological polar surface area (TPSA) is 35.2 Å². The van der Waals surface area contributed by atoms with Gasteiger partial charge in [-0.15, -0.1) is 0 Å². The molecule has 1 unspecified atom stereocenters. The number of methoxy groups -OCH3 is 1. The van der Waals surface area contributed by atoms with Crippen LogP contribution in [0.4, 0.5) is 0 Å². The molecule has 1 atom stereocenters. The monoisotopic (exact) mass is 283 g/mol. The fraction of sp³-hybridized carbons (Fsp3) is 0.368. The highest BCUT2D eigenvalue weighted by molar-refractivity contribution is 5.45. The number of benzene rings is 2. The van der Waals surface area contributed by atoms with E-state index < -0.39 is 0 Å². The van der Waals surface area contributed by atoms with Crippen LogP contribution in [0, 0.1) is 6.92 Å². The smallest absolute Gasteiger partial charge is 0.123 e. The van der Waals surface area contributed by atoms with Crippen LogP contribution in [0.15, 0.2) is 36.4 Å². The summed E-state index contributed by atoms with van der Waals surface area (Å²) in [6, 6.07) is 12.6. The van der Waals surface area contributed by atoms with Gasteiger partial charge in [-0.05, 0) is 42.5 Å². The molecule has 0 heterocycles. The highest BCUT2D eigenvalue weighted by Crippen LogP contribution is 2.30. The third kappa shape index (κ3) is 3.27. The zero-order valence-electron chi connectivity index (χ0n) is 13.4. The van der Waals surface area contributed by atoms with E-state index in [1.807, 2.05) is 12.1 Å². The molecule has 0 aliphatic heterocycles. The molecule has 0 aromatic heterocycles. The lowest BCUT2D eigenvalue weighted by atomic mass is 9.93. The first-order valence-electron chi connectivity index (χ1n) is 7.62. The number of nitrogens with two attached hydrogens (primary N) is 1. The Balaban J connectivity index is 2.44. The SMILES string of the molecule is CCc1ccc(C(N)c2cc(C)ccc2OC)cc1CC. The van der Waals surface area contributed by atoms with Crippen molar-refractivity contribution in [1.29, 1.82) is 0 Å². The van der Waals surface area contributed by atoms with E-state index in [0.717, 1.165) is 29.7 Å². The molecule has 0 aliphatic rings. The molecule has 0 radical (unpaired) electrons. The average molecular weight is 283 g/mol. The third-order valence-electron chi connectivity index (χ3n) is 4.07. The van der Waals surface area contributed by atoms with Crippen LogP contribution in [0.3, 0.4) is 0 Å². The normalized spacial score (nSPS) is 12.2. The number of hydrogen-bond acceptors (Lipinski definition) is 2. The first-order valence-corrected chi connectivity index (χ1v) is 7.62. The van der Waals surface area contributed by atoms with Crippen molar-refractivity contribution in [3.8, 4) is 5.75 Å². The summed E-state index contributed by atoms with van der Waals surface area (Å²) in [5.41, 5.74) is 12.7. The summed E-state index contributed by atoms with van der Waals surface area (Å²) in [5, 5.41) is 0. The minimum absolute atomic E-state index is 0.156. The molecule has 2 aromatic carbocycles. The first-order chi connectivity index (χ1) is 10.1. The van der Waals surface area contributed by atoms with Crippen LogP contribution in [-0.4, -0.2) is 7.11 Å². The zero-order valence-corrected chi connectivity index (χ0v) is 13.4. The Hall–Kier alpha value is -1.80. The van der Waals surface area contributed by atoms with Gasteiger partial charge in [0.25, 0.3) is 0 Å². The van der Waals surface area contributed by atoms with Gasteiger partial charge in [0.05, 0.1) is 13.2 Å². The molecule has 0 amide bonds. The molecule has 2 heteroatoms. The van der Waals surface area contributed by atoms with Gasteiger partial charge in [0.2, 0.25) is 0 Å². The second kappa shape index (κ2) is 6.77. The second-order valence-electron chi connectivity index (χ2n) is 5.46. The van der Waals surface area contributed by atoms with Crippen LogP contribution in [0.2, 0.25) is 0 Å². The van der Waals surface area contributed by atoms with E-state index >= 15 is 0 Å². The summed E-state index contributed by atoms with van der Waals surface area (Å²) in [7, 11) is 1.69. The molecule has 2 rings (SSSR count). The van der Waals surface area contributed by atoms with Crippen molar-refractivity contribution in [1.82, 2.24) is 0 Å². The van der Waals surface area contributed by atoms with E-state index in [-0.39, 0.29) is 6.04 Å². The van der Waals surface area contributed by atoms with Gasteiger partial charge >= 0.3 is 0 Å². The molecule has 0 aliphatic carbocycles. The largest absolute Gasteiger partial charge is 0.496 e. The minimum Gasteiger partial charge on any atom is -0.496 e. The minimum atomic E-state index is -0.156. The van der Waals surface area contributed by atoms with E-state index in [4.69, 9.17) is 10.5 Å². The van der Waals surface area contributed by atoms with Crippen molar-refractivity contribution in [2.45, 2.75) is 39.7 Å². The van der Waals surface area contributed by atoms with Crippen molar-refractivity contribution < 1.29 is 4.74 Å². The number of aryl methyl sites for hydroxylation is 3. The number of rotatable bonds is 5. The van der Waals surface area contributed by atoms with E-state index in [9.17, 15) is 0 Å². The molecule has 2 N–H and O–H groups in total. The molecule has 112 valence electrons. The summed E-state index contributed by atoms with van der Waals surface area (Å²) < 4.78 is 5.46. The maximum atomic E-state index is 6.50. The summed E-state index contributed by atoms with van der Waals surface area (Å²) >= 11 is 0. The lowest BCUT2D eigenvalue weighted by Crippen LogP contribution is -2.14.